The van der Waals surface area contributed by atoms with Gasteiger partial charge < -0.3 is 9.84 Å². The maximum Gasteiger partial charge on any atom is 0.135 e. The molecule has 0 aromatic heterocycles. The number of aliphatic hydroxyl groups is 1. The fourth-order valence-electron chi connectivity index (χ4n) is 3.73. The Morgan fingerprint density at radius 3 is 2.14 bits per heavy atom. The fraction of sp³-hybridized carbons (Fsp3) is 0.647. The van der Waals surface area contributed by atoms with E-state index in [2.05, 4.69) is 13.8 Å². The van der Waals surface area contributed by atoms with E-state index in [9.17, 15) is 13.9 Å². The molecule has 1 aromatic rings. The molecule has 0 saturated heterocycles. The van der Waals surface area contributed by atoms with Gasteiger partial charge in [0.05, 0.1) is 18.8 Å². The number of methoxy groups -OCH3 is 1. The standard InChI is InChI=1S/C17H24F2O2/c1-11(2)10-17(6-4-5-7-17)16(20)15-13(18)8-12(21-3)9-14(15)19/h8-9,11,16,20H,4-7,10H2,1-3H3. The summed E-state index contributed by atoms with van der Waals surface area (Å²) in [4.78, 5) is 0. The Bertz CT molecular complexity index is 471. The Kier molecular flexibility index (Phi) is 4.87. The van der Waals surface area contributed by atoms with Crippen molar-refractivity contribution in [1.82, 2.24) is 0 Å². The van der Waals surface area contributed by atoms with Gasteiger partial charge in [0, 0.05) is 17.5 Å². The highest BCUT2D eigenvalue weighted by molar-refractivity contribution is 5.33. The van der Waals surface area contributed by atoms with Gasteiger partial charge in [-0.05, 0) is 25.2 Å². The van der Waals surface area contributed by atoms with Gasteiger partial charge >= 0.3 is 0 Å². The van der Waals surface area contributed by atoms with Gasteiger partial charge in [0.15, 0.2) is 0 Å². The van der Waals surface area contributed by atoms with Crippen LogP contribution in [0.4, 0.5) is 8.78 Å². The van der Waals surface area contributed by atoms with Crippen molar-refractivity contribution < 1.29 is 18.6 Å². The topological polar surface area (TPSA) is 29.5 Å². The first-order valence-corrected chi connectivity index (χ1v) is 7.60. The van der Waals surface area contributed by atoms with Crippen LogP contribution in [-0.4, -0.2) is 12.2 Å². The third-order valence-corrected chi connectivity index (χ3v) is 4.56. The monoisotopic (exact) mass is 298 g/mol. The Morgan fingerprint density at radius 1 is 1.19 bits per heavy atom. The molecule has 21 heavy (non-hydrogen) atoms. The van der Waals surface area contributed by atoms with E-state index in [0.717, 1.165) is 44.2 Å². The van der Waals surface area contributed by atoms with Crippen LogP contribution in [0.1, 0.15) is 57.6 Å². The molecular formula is C17H24F2O2. The molecule has 1 fully saturated rings. The van der Waals surface area contributed by atoms with Crippen molar-refractivity contribution in [1.29, 1.82) is 0 Å². The third kappa shape index (κ3) is 3.20. The van der Waals surface area contributed by atoms with E-state index in [1.54, 1.807) is 0 Å². The van der Waals surface area contributed by atoms with Crippen molar-refractivity contribution >= 4 is 0 Å². The molecule has 0 spiro atoms. The Morgan fingerprint density at radius 2 is 1.71 bits per heavy atom. The molecule has 118 valence electrons. The maximum atomic E-state index is 14.2. The molecule has 1 aromatic carbocycles. The first-order chi connectivity index (χ1) is 9.89. The molecule has 1 N–H and O–H groups in total. The molecule has 1 saturated carbocycles. The van der Waals surface area contributed by atoms with Crippen molar-refractivity contribution in [2.75, 3.05) is 7.11 Å². The number of benzene rings is 1. The lowest BCUT2D eigenvalue weighted by molar-refractivity contribution is 0.00614. The second-order valence-electron chi connectivity index (χ2n) is 6.57. The van der Waals surface area contributed by atoms with Crippen LogP contribution in [0.2, 0.25) is 0 Å². The maximum absolute atomic E-state index is 14.2. The summed E-state index contributed by atoms with van der Waals surface area (Å²) >= 11 is 0. The van der Waals surface area contributed by atoms with Crippen LogP contribution in [0.5, 0.6) is 5.75 Å². The van der Waals surface area contributed by atoms with Crippen molar-refractivity contribution in [2.45, 2.75) is 52.1 Å². The largest absolute Gasteiger partial charge is 0.497 e. The summed E-state index contributed by atoms with van der Waals surface area (Å²) in [6.07, 6.45) is 3.31. The summed E-state index contributed by atoms with van der Waals surface area (Å²) in [6, 6.07) is 2.28. The van der Waals surface area contributed by atoms with Gasteiger partial charge in [-0.15, -0.1) is 0 Å². The van der Waals surface area contributed by atoms with Gasteiger partial charge in [0.25, 0.3) is 0 Å². The van der Waals surface area contributed by atoms with Gasteiger partial charge in [-0.2, -0.15) is 0 Å². The zero-order chi connectivity index (χ0) is 15.6. The van der Waals surface area contributed by atoms with Crippen molar-refractivity contribution in [3.8, 4) is 5.75 Å². The van der Waals surface area contributed by atoms with Crippen LogP contribution < -0.4 is 4.74 Å². The fourth-order valence-corrected chi connectivity index (χ4v) is 3.73. The van der Waals surface area contributed by atoms with Crippen molar-refractivity contribution in [3.05, 3.63) is 29.3 Å². The van der Waals surface area contributed by atoms with E-state index in [4.69, 9.17) is 4.74 Å². The molecule has 2 rings (SSSR count). The number of hydrogen-bond acceptors (Lipinski definition) is 2. The molecule has 2 nitrogen and oxygen atoms in total. The predicted octanol–water partition coefficient (Wildman–Crippen LogP) is 4.61. The molecule has 4 heteroatoms. The van der Waals surface area contributed by atoms with E-state index >= 15 is 0 Å². The zero-order valence-corrected chi connectivity index (χ0v) is 13.0. The highest BCUT2D eigenvalue weighted by Gasteiger charge is 2.43. The number of halogens is 2. The Labute approximate surface area is 125 Å². The van der Waals surface area contributed by atoms with E-state index in [1.165, 1.54) is 7.11 Å². The minimum atomic E-state index is -1.10. The van der Waals surface area contributed by atoms with Crippen LogP contribution >= 0.6 is 0 Å². The van der Waals surface area contributed by atoms with E-state index in [1.807, 2.05) is 0 Å². The van der Waals surface area contributed by atoms with Gasteiger partial charge in [0.1, 0.15) is 17.4 Å². The number of aliphatic hydroxyl groups excluding tert-OH is 1. The Balaban J connectivity index is 2.39. The minimum Gasteiger partial charge on any atom is -0.497 e. The lowest BCUT2D eigenvalue weighted by atomic mass is 9.71. The number of hydrogen-bond donors (Lipinski definition) is 1. The first-order valence-electron chi connectivity index (χ1n) is 7.60. The Hall–Kier alpha value is -1.16. The average Bonchev–Trinajstić information content (AvgIpc) is 2.86. The predicted molar refractivity (Wildman–Crippen MR) is 78.2 cm³/mol. The van der Waals surface area contributed by atoms with Crippen LogP contribution in [-0.2, 0) is 0 Å². The summed E-state index contributed by atoms with van der Waals surface area (Å²) < 4.78 is 33.3. The minimum absolute atomic E-state index is 0.130. The van der Waals surface area contributed by atoms with Gasteiger partial charge in [0.2, 0.25) is 0 Å². The van der Waals surface area contributed by atoms with E-state index < -0.39 is 23.2 Å². The first kappa shape index (κ1) is 16.2. The number of ether oxygens (including phenoxy) is 1. The van der Waals surface area contributed by atoms with Crippen LogP contribution in [0.25, 0.3) is 0 Å². The van der Waals surface area contributed by atoms with Crippen molar-refractivity contribution in [2.24, 2.45) is 11.3 Å². The molecule has 1 aliphatic rings. The summed E-state index contributed by atoms with van der Waals surface area (Å²) in [7, 11) is 1.36. The molecule has 1 atom stereocenters. The zero-order valence-electron chi connectivity index (χ0n) is 13.0. The lowest BCUT2D eigenvalue weighted by Gasteiger charge is -2.36. The molecule has 0 bridgehead atoms. The molecule has 0 heterocycles. The summed E-state index contributed by atoms with van der Waals surface area (Å²) in [6.45, 7) is 4.15. The lowest BCUT2D eigenvalue weighted by Crippen LogP contribution is -2.29. The average molecular weight is 298 g/mol. The molecule has 0 amide bonds. The second kappa shape index (κ2) is 6.30. The summed E-state index contributed by atoms with van der Waals surface area (Å²) in [5.74, 6) is -0.948. The smallest absolute Gasteiger partial charge is 0.135 e. The molecule has 1 aliphatic carbocycles. The van der Waals surface area contributed by atoms with Crippen LogP contribution in [0.15, 0.2) is 12.1 Å². The summed E-state index contributed by atoms with van der Waals surface area (Å²) in [5.41, 5.74) is -0.622. The molecule has 0 radical (unpaired) electrons. The molecular weight excluding hydrogens is 274 g/mol. The number of rotatable bonds is 5. The second-order valence-corrected chi connectivity index (χ2v) is 6.57. The highest BCUT2D eigenvalue weighted by Crippen LogP contribution is 2.52. The highest BCUT2D eigenvalue weighted by atomic mass is 19.1. The van der Waals surface area contributed by atoms with Crippen molar-refractivity contribution in [3.63, 3.8) is 0 Å². The van der Waals surface area contributed by atoms with Gasteiger partial charge in [-0.3, -0.25) is 0 Å². The quantitative estimate of drug-likeness (QED) is 0.860. The third-order valence-electron chi connectivity index (χ3n) is 4.56. The molecule has 0 aliphatic heterocycles. The SMILES string of the molecule is COc1cc(F)c(C(O)C2(CC(C)C)CCCC2)c(F)c1. The van der Waals surface area contributed by atoms with Gasteiger partial charge in [-0.1, -0.05) is 26.7 Å². The van der Waals surface area contributed by atoms with Crippen LogP contribution in [0.3, 0.4) is 0 Å². The van der Waals surface area contributed by atoms with E-state index in [-0.39, 0.29) is 11.3 Å². The van der Waals surface area contributed by atoms with E-state index in [0.29, 0.717) is 5.92 Å². The normalized spacial score (nSPS) is 19.0. The summed E-state index contributed by atoms with van der Waals surface area (Å²) in [5, 5.41) is 10.7. The van der Waals surface area contributed by atoms with Crippen LogP contribution in [0, 0.1) is 23.0 Å². The van der Waals surface area contributed by atoms with Gasteiger partial charge in [-0.25, -0.2) is 8.78 Å². The molecule has 1 unspecified atom stereocenters.